The van der Waals surface area contributed by atoms with Gasteiger partial charge in [-0.2, -0.15) is 0 Å². The predicted molar refractivity (Wildman–Crippen MR) is 90.3 cm³/mol. The van der Waals surface area contributed by atoms with Crippen molar-refractivity contribution in [2.24, 2.45) is 0 Å². The minimum absolute atomic E-state index is 0.417. The van der Waals surface area contributed by atoms with Gasteiger partial charge in [0.05, 0.1) is 0 Å². The van der Waals surface area contributed by atoms with Crippen LogP contribution >= 0.6 is 0 Å². The van der Waals surface area contributed by atoms with Gasteiger partial charge < -0.3 is 10.2 Å². The lowest BCUT2D eigenvalue weighted by Crippen LogP contribution is -2.41. The van der Waals surface area contributed by atoms with E-state index in [-0.39, 0.29) is 0 Å². The Kier molecular flexibility index (Phi) is 4.97. The molecule has 1 fully saturated rings. The van der Waals surface area contributed by atoms with Crippen molar-refractivity contribution in [1.29, 1.82) is 0 Å². The average molecular weight is 313 g/mol. The molecule has 1 aliphatic rings. The first kappa shape index (κ1) is 15.6. The fraction of sp³-hybridized carbons (Fsp3) is 0.500. The summed E-state index contributed by atoms with van der Waals surface area (Å²) in [5.41, 5.74) is 1.15. The molecule has 3 heterocycles. The lowest BCUT2D eigenvalue weighted by Gasteiger charge is -2.33. The largest absolute Gasteiger partial charge is 0.366 e. The molecule has 0 bridgehead atoms. The fourth-order valence-corrected chi connectivity index (χ4v) is 2.82. The van der Waals surface area contributed by atoms with Crippen LogP contribution in [-0.2, 0) is 6.54 Å². The molecule has 1 unspecified atom stereocenters. The molecule has 0 aromatic carbocycles. The molecule has 0 spiro atoms. The van der Waals surface area contributed by atoms with Gasteiger partial charge >= 0.3 is 0 Å². The van der Waals surface area contributed by atoms with Crippen LogP contribution in [0.3, 0.4) is 0 Å². The quantitative estimate of drug-likeness (QED) is 0.895. The maximum absolute atomic E-state index is 4.39. The summed E-state index contributed by atoms with van der Waals surface area (Å²) in [6, 6.07) is 2.33. The molecular formula is C16H23N7. The van der Waals surface area contributed by atoms with Crippen molar-refractivity contribution in [2.45, 2.75) is 25.4 Å². The van der Waals surface area contributed by atoms with E-state index in [9.17, 15) is 0 Å². The summed E-state index contributed by atoms with van der Waals surface area (Å²) >= 11 is 0. The number of anilines is 2. The highest BCUT2D eigenvalue weighted by molar-refractivity contribution is 5.33. The highest BCUT2D eigenvalue weighted by atomic mass is 15.2. The van der Waals surface area contributed by atoms with Crippen LogP contribution in [0.25, 0.3) is 0 Å². The Bertz CT molecular complexity index is 600. The number of hydrogen-bond donors (Lipinski definition) is 1. The van der Waals surface area contributed by atoms with Crippen molar-refractivity contribution in [2.75, 3.05) is 37.4 Å². The lowest BCUT2D eigenvalue weighted by molar-refractivity contribution is 0.208. The molecule has 23 heavy (non-hydrogen) atoms. The Morgan fingerprint density at radius 2 is 2.09 bits per heavy atom. The van der Waals surface area contributed by atoms with E-state index < -0.39 is 0 Å². The Morgan fingerprint density at radius 3 is 2.78 bits per heavy atom. The van der Waals surface area contributed by atoms with Crippen molar-refractivity contribution in [1.82, 2.24) is 24.8 Å². The molecule has 0 radical (unpaired) electrons. The van der Waals surface area contributed by atoms with Crippen molar-refractivity contribution in [3.8, 4) is 0 Å². The molecule has 1 saturated heterocycles. The van der Waals surface area contributed by atoms with Crippen LogP contribution in [-0.4, -0.2) is 58.1 Å². The molecular weight excluding hydrogens is 290 g/mol. The number of hydrogen-bond acceptors (Lipinski definition) is 7. The summed E-state index contributed by atoms with van der Waals surface area (Å²) in [6.45, 7) is 2.99. The molecule has 7 heteroatoms. The number of likely N-dealkylation sites (tertiary alicyclic amines) is 1. The number of nitrogens with zero attached hydrogens (tertiary/aromatic N) is 6. The van der Waals surface area contributed by atoms with Gasteiger partial charge in [-0.15, -0.1) is 0 Å². The minimum Gasteiger partial charge on any atom is -0.366 e. The third-order valence-electron chi connectivity index (χ3n) is 3.94. The van der Waals surface area contributed by atoms with Crippen molar-refractivity contribution >= 4 is 11.8 Å². The minimum atomic E-state index is 0.417. The average Bonchev–Trinajstić information content (AvgIpc) is 2.57. The van der Waals surface area contributed by atoms with E-state index in [2.05, 4.69) is 30.2 Å². The summed E-state index contributed by atoms with van der Waals surface area (Å²) in [7, 11) is 3.89. The van der Waals surface area contributed by atoms with Gasteiger partial charge in [0.25, 0.3) is 0 Å². The molecule has 2 aromatic rings. The first-order valence-electron chi connectivity index (χ1n) is 7.94. The smallest absolute Gasteiger partial charge is 0.224 e. The highest BCUT2D eigenvalue weighted by Crippen LogP contribution is 2.16. The fourth-order valence-electron chi connectivity index (χ4n) is 2.82. The summed E-state index contributed by atoms with van der Waals surface area (Å²) in [6.07, 6.45) is 9.52. The van der Waals surface area contributed by atoms with Gasteiger partial charge in [0.2, 0.25) is 5.95 Å². The van der Waals surface area contributed by atoms with E-state index in [0.29, 0.717) is 6.04 Å². The molecule has 7 nitrogen and oxygen atoms in total. The number of nitrogens with one attached hydrogen (secondary N) is 1. The van der Waals surface area contributed by atoms with E-state index in [1.807, 2.05) is 37.5 Å². The second-order valence-corrected chi connectivity index (χ2v) is 6.10. The third kappa shape index (κ3) is 4.35. The second kappa shape index (κ2) is 7.32. The van der Waals surface area contributed by atoms with Gasteiger partial charge in [0.1, 0.15) is 12.1 Å². The van der Waals surface area contributed by atoms with Crippen LogP contribution in [0.5, 0.6) is 0 Å². The summed E-state index contributed by atoms with van der Waals surface area (Å²) in [5.74, 6) is 1.64. The SMILES string of the molecule is CN(C)c1ncc(CN2CCCC(Nc3ccncn3)C2)cn1. The van der Waals surface area contributed by atoms with E-state index >= 15 is 0 Å². The van der Waals surface area contributed by atoms with Crippen LogP contribution in [0, 0.1) is 0 Å². The molecule has 0 saturated carbocycles. The molecule has 0 amide bonds. The number of rotatable bonds is 5. The van der Waals surface area contributed by atoms with Crippen LogP contribution in [0.4, 0.5) is 11.8 Å². The van der Waals surface area contributed by atoms with Gasteiger partial charge in [-0.3, -0.25) is 4.90 Å². The third-order valence-corrected chi connectivity index (χ3v) is 3.94. The topological polar surface area (TPSA) is 70.1 Å². The predicted octanol–water partition coefficient (Wildman–Crippen LogP) is 1.41. The Morgan fingerprint density at radius 1 is 1.26 bits per heavy atom. The van der Waals surface area contributed by atoms with Crippen LogP contribution in [0.2, 0.25) is 0 Å². The normalized spacial score (nSPS) is 18.6. The Labute approximate surface area is 136 Å². The zero-order chi connectivity index (χ0) is 16.1. The maximum Gasteiger partial charge on any atom is 0.224 e. The zero-order valence-corrected chi connectivity index (χ0v) is 13.7. The molecule has 1 N–H and O–H groups in total. The lowest BCUT2D eigenvalue weighted by atomic mass is 10.1. The van der Waals surface area contributed by atoms with E-state index in [1.165, 1.54) is 6.42 Å². The molecule has 122 valence electrons. The van der Waals surface area contributed by atoms with Gasteiger partial charge in [-0.1, -0.05) is 0 Å². The number of aromatic nitrogens is 4. The zero-order valence-electron chi connectivity index (χ0n) is 13.7. The molecule has 0 aliphatic carbocycles. The van der Waals surface area contributed by atoms with Crippen molar-refractivity contribution in [3.05, 3.63) is 36.5 Å². The van der Waals surface area contributed by atoms with Gasteiger partial charge in [0.15, 0.2) is 0 Å². The second-order valence-electron chi connectivity index (χ2n) is 6.10. The van der Waals surface area contributed by atoms with Crippen molar-refractivity contribution in [3.63, 3.8) is 0 Å². The molecule has 1 aliphatic heterocycles. The summed E-state index contributed by atoms with van der Waals surface area (Å²) in [4.78, 5) is 21.3. The van der Waals surface area contributed by atoms with E-state index in [0.717, 1.165) is 43.4 Å². The first-order valence-corrected chi connectivity index (χ1v) is 7.94. The standard InChI is InChI=1S/C16H23N7/c1-22(2)16-18-8-13(9-19-16)10-23-7-3-4-14(11-23)21-15-5-6-17-12-20-15/h5-6,8-9,12,14H,3-4,7,10-11H2,1-2H3,(H,17,20,21). The molecule has 2 aromatic heterocycles. The van der Waals surface area contributed by atoms with Gasteiger partial charge in [-0.05, 0) is 25.5 Å². The van der Waals surface area contributed by atoms with Crippen LogP contribution < -0.4 is 10.2 Å². The van der Waals surface area contributed by atoms with E-state index in [1.54, 1.807) is 12.5 Å². The monoisotopic (exact) mass is 313 g/mol. The van der Waals surface area contributed by atoms with Crippen LogP contribution in [0.1, 0.15) is 18.4 Å². The Balaban J connectivity index is 1.56. The van der Waals surface area contributed by atoms with Gasteiger partial charge in [-0.25, -0.2) is 19.9 Å². The summed E-state index contributed by atoms with van der Waals surface area (Å²) in [5, 5.41) is 3.49. The van der Waals surface area contributed by atoms with Crippen molar-refractivity contribution < 1.29 is 0 Å². The van der Waals surface area contributed by atoms with E-state index in [4.69, 9.17) is 0 Å². The first-order chi connectivity index (χ1) is 11.2. The summed E-state index contributed by atoms with van der Waals surface area (Å²) < 4.78 is 0. The molecule has 1 atom stereocenters. The number of piperidine rings is 1. The van der Waals surface area contributed by atoms with Crippen LogP contribution in [0.15, 0.2) is 31.0 Å². The maximum atomic E-state index is 4.39. The van der Waals surface area contributed by atoms with Gasteiger partial charge in [0, 0.05) is 57.4 Å². The Hall–Kier alpha value is -2.28. The molecule has 3 rings (SSSR count). The highest BCUT2D eigenvalue weighted by Gasteiger charge is 2.20.